The van der Waals surface area contributed by atoms with Gasteiger partial charge < -0.3 is 5.11 Å². The Bertz CT molecular complexity index is 953. The third-order valence-corrected chi connectivity index (χ3v) is 4.41. The van der Waals surface area contributed by atoms with Gasteiger partial charge >= 0.3 is 0 Å². The van der Waals surface area contributed by atoms with E-state index in [1.54, 1.807) is 42.5 Å². The molecule has 0 aliphatic carbocycles. The monoisotopic (exact) mass is 384 g/mol. The zero-order chi connectivity index (χ0) is 18.5. The summed E-state index contributed by atoms with van der Waals surface area (Å²) in [5.74, 6) is -0.108. The van der Waals surface area contributed by atoms with Gasteiger partial charge in [0.25, 0.3) is 5.91 Å². The number of benzene rings is 3. The van der Waals surface area contributed by atoms with Crippen molar-refractivity contribution in [1.29, 1.82) is 0 Å². The third-order valence-electron chi connectivity index (χ3n) is 3.67. The summed E-state index contributed by atoms with van der Waals surface area (Å²) in [6.07, 6.45) is 1.49. The van der Waals surface area contributed by atoms with Crippen LogP contribution >= 0.6 is 23.2 Å². The Labute approximate surface area is 160 Å². The zero-order valence-corrected chi connectivity index (χ0v) is 15.0. The van der Waals surface area contributed by atoms with Crippen LogP contribution in [0.25, 0.3) is 11.1 Å². The second-order valence-corrected chi connectivity index (χ2v) is 6.31. The normalized spacial score (nSPS) is 10.8. The van der Waals surface area contributed by atoms with E-state index in [9.17, 15) is 9.90 Å². The van der Waals surface area contributed by atoms with Crippen LogP contribution in [0.15, 0.2) is 71.8 Å². The predicted octanol–water partition coefficient (Wildman–Crippen LogP) is 5.13. The summed E-state index contributed by atoms with van der Waals surface area (Å²) >= 11 is 11.8. The molecule has 0 atom stereocenters. The molecule has 3 aromatic rings. The number of aromatic hydroxyl groups is 1. The molecule has 2 N–H and O–H groups in total. The summed E-state index contributed by atoms with van der Waals surface area (Å²) < 4.78 is 0. The van der Waals surface area contributed by atoms with Gasteiger partial charge in [-0.1, -0.05) is 53.5 Å². The molecule has 0 spiro atoms. The Morgan fingerprint density at radius 2 is 1.50 bits per heavy atom. The van der Waals surface area contributed by atoms with Crippen molar-refractivity contribution < 1.29 is 9.90 Å². The highest BCUT2D eigenvalue weighted by atomic mass is 35.5. The molecule has 0 saturated heterocycles. The fraction of sp³-hybridized carbons (Fsp3) is 0. The maximum atomic E-state index is 12.1. The molecule has 26 heavy (non-hydrogen) atoms. The van der Waals surface area contributed by atoms with E-state index in [1.165, 1.54) is 6.21 Å². The average molecular weight is 385 g/mol. The number of hydrazone groups is 1. The van der Waals surface area contributed by atoms with E-state index in [2.05, 4.69) is 10.5 Å². The van der Waals surface area contributed by atoms with Gasteiger partial charge in [0, 0.05) is 5.56 Å². The van der Waals surface area contributed by atoms with Gasteiger partial charge in [-0.3, -0.25) is 4.79 Å². The van der Waals surface area contributed by atoms with Gasteiger partial charge in [-0.15, -0.1) is 0 Å². The van der Waals surface area contributed by atoms with Gasteiger partial charge in [-0.25, -0.2) is 5.43 Å². The first-order valence-corrected chi connectivity index (χ1v) is 8.46. The van der Waals surface area contributed by atoms with Gasteiger partial charge in [-0.2, -0.15) is 5.10 Å². The first kappa shape index (κ1) is 18.0. The van der Waals surface area contributed by atoms with Crippen molar-refractivity contribution in [2.45, 2.75) is 0 Å². The second kappa shape index (κ2) is 8.04. The lowest BCUT2D eigenvalue weighted by molar-refractivity contribution is 0.0955. The molecule has 1 amide bonds. The SMILES string of the molecule is O=C(NN=Cc1ccc(Cl)c(Cl)c1)c1ccc(-c2ccc(O)cc2)cc1. The number of halogens is 2. The number of amides is 1. The summed E-state index contributed by atoms with van der Waals surface area (Å²) in [7, 11) is 0. The molecular weight excluding hydrogens is 371 g/mol. The molecular formula is C20H14Cl2N2O2. The van der Waals surface area contributed by atoms with E-state index < -0.39 is 0 Å². The number of rotatable bonds is 4. The quantitative estimate of drug-likeness (QED) is 0.483. The van der Waals surface area contributed by atoms with Gasteiger partial charge in [0.15, 0.2) is 0 Å². The van der Waals surface area contributed by atoms with E-state index in [1.807, 2.05) is 24.3 Å². The summed E-state index contributed by atoms with van der Waals surface area (Å²) in [6.45, 7) is 0. The first-order chi connectivity index (χ1) is 12.5. The van der Waals surface area contributed by atoms with Crippen molar-refractivity contribution in [3.8, 4) is 16.9 Å². The molecule has 3 rings (SSSR count). The van der Waals surface area contributed by atoms with Crippen molar-refractivity contribution in [3.05, 3.63) is 87.9 Å². The molecule has 0 saturated carbocycles. The van der Waals surface area contributed by atoms with Gasteiger partial charge in [0.1, 0.15) is 5.75 Å². The Kier molecular flexibility index (Phi) is 5.56. The Balaban J connectivity index is 1.65. The van der Waals surface area contributed by atoms with Crippen LogP contribution in [0.1, 0.15) is 15.9 Å². The molecule has 0 heterocycles. The highest BCUT2D eigenvalue weighted by Gasteiger charge is 2.05. The fourth-order valence-corrected chi connectivity index (χ4v) is 2.60. The fourth-order valence-electron chi connectivity index (χ4n) is 2.29. The second-order valence-electron chi connectivity index (χ2n) is 5.50. The molecule has 0 aromatic heterocycles. The number of hydrogen-bond acceptors (Lipinski definition) is 3. The van der Waals surface area contributed by atoms with Crippen molar-refractivity contribution in [2.75, 3.05) is 0 Å². The van der Waals surface area contributed by atoms with Gasteiger partial charge in [0.05, 0.1) is 16.3 Å². The minimum absolute atomic E-state index is 0.213. The molecule has 0 aliphatic rings. The topological polar surface area (TPSA) is 61.7 Å². The van der Waals surface area contributed by atoms with Crippen LogP contribution < -0.4 is 5.43 Å². The zero-order valence-electron chi connectivity index (χ0n) is 13.5. The molecule has 0 unspecified atom stereocenters. The van der Waals surface area contributed by atoms with E-state index in [-0.39, 0.29) is 11.7 Å². The number of phenolic OH excluding ortho intramolecular Hbond substituents is 1. The molecule has 130 valence electrons. The lowest BCUT2D eigenvalue weighted by atomic mass is 10.0. The first-order valence-electron chi connectivity index (χ1n) is 7.71. The number of carbonyl (C=O) groups is 1. The molecule has 0 aliphatic heterocycles. The van der Waals surface area contributed by atoms with Crippen LogP contribution in [-0.4, -0.2) is 17.2 Å². The lowest BCUT2D eigenvalue weighted by Gasteiger charge is -2.04. The molecule has 0 fully saturated rings. The van der Waals surface area contributed by atoms with Crippen LogP contribution in [0.2, 0.25) is 10.0 Å². The summed E-state index contributed by atoms with van der Waals surface area (Å²) in [4.78, 5) is 12.1. The van der Waals surface area contributed by atoms with Crippen LogP contribution in [0, 0.1) is 0 Å². The number of hydrogen-bond donors (Lipinski definition) is 2. The number of phenols is 1. The standard InChI is InChI=1S/C20H14Cl2N2O2/c21-18-10-1-13(11-19(18)22)12-23-24-20(26)16-4-2-14(3-5-16)15-6-8-17(25)9-7-15/h1-12,25H,(H,24,26). The van der Waals surface area contributed by atoms with Crippen LogP contribution in [0.3, 0.4) is 0 Å². The molecule has 4 nitrogen and oxygen atoms in total. The number of nitrogens with zero attached hydrogens (tertiary/aromatic N) is 1. The maximum absolute atomic E-state index is 12.1. The van der Waals surface area contributed by atoms with E-state index in [4.69, 9.17) is 23.2 Å². The number of carbonyl (C=O) groups excluding carboxylic acids is 1. The molecule has 0 radical (unpaired) electrons. The van der Waals surface area contributed by atoms with E-state index in [0.717, 1.165) is 16.7 Å². The summed E-state index contributed by atoms with van der Waals surface area (Å²) in [5.41, 5.74) is 5.58. The Morgan fingerprint density at radius 3 is 2.12 bits per heavy atom. The van der Waals surface area contributed by atoms with Gasteiger partial charge in [-0.05, 0) is 53.1 Å². The van der Waals surface area contributed by atoms with Crippen molar-refractivity contribution >= 4 is 35.3 Å². The van der Waals surface area contributed by atoms with Crippen molar-refractivity contribution in [3.63, 3.8) is 0 Å². The predicted molar refractivity (Wildman–Crippen MR) is 105 cm³/mol. The highest BCUT2D eigenvalue weighted by molar-refractivity contribution is 6.42. The lowest BCUT2D eigenvalue weighted by Crippen LogP contribution is -2.17. The Morgan fingerprint density at radius 1 is 0.885 bits per heavy atom. The summed E-state index contributed by atoms with van der Waals surface area (Å²) in [5, 5.41) is 14.1. The van der Waals surface area contributed by atoms with Crippen molar-refractivity contribution in [2.24, 2.45) is 5.10 Å². The maximum Gasteiger partial charge on any atom is 0.271 e. The number of nitrogens with one attached hydrogen (secondary N) is 1. The molecule has 0 bridgehead atoms. The van der Waals surface area contributed by atoms with E-state index in [0.29, 0.717) is 15.6 Å². The van der Waals surface area contributed by atoms with Crippen LogP contribution in [0.4, 0.5) is 0 Å². The minimum atomic E-state index is -0.321. The van der Waals surface area contributed by atoms with Crippen LogP contribution in [0.5, 0.6) is 5.75 Å². The molecule has 6 heteroatoms. The van der Waals surface area contributed by atoms with Crippen molar-refractivity contribution in [1.82, 2.24) is 5.43 Å². The summed E-state index contributed by atoms with van der Waals surface area (Å²) in [6, 6.07) is 19.0. The van der Waals surface area contributed by atoms with E-state index >= 15 is 0 Å². The minimum Gasteiger partial charge on any atom is -0.508 e. The smallest absolute Gasteiger partial charge is 0.271 e. The van der Waals surface area contributed by atoms with Gasteiger partial charge in [0.2, 0.25) is 0 Å². The average Bonchev–Trinajstić information content (AvgIpc) is 2.65. The highest BCUT2D eigenvalue weighted by Crippen LogP contribution is 2.23. The largest absolute Gasteiger partial charge is 0.508 e. The molecule has 3 aromatic carbocycles. The van der Waals surface area contributed by atoms with Crippen LogP contribution in [-0.2, 0) is 0 Å². The Hall–Kier alpha value is -2.82. The third kappa shape index (κ3) is 4.42.